The molecule has 0 amide bonds. The number of carbonyl (C=O) groups is 1. The number of esters is 1. The van der Waals surface area contributed by atoms with Crippen LogP contribution in [0.5, 0.6) is 0 Å². The van der Waals surface area contributed by atoms with Gasteiger partial charge in [0, 0.05) is 6.20 Å². The Labute approximate surface area is 197 Å². The molecule has 0 radical (unpaired) electrons. The van der Waals surface area contributed by atoms with Gasteiger partial charge in [-0.25, -0.2) is 22.5 Å². The first kappa shape index (κ1) is 24.8. The lowest BCUT2D eigenvalue weighted by molar-refractivity contribution is -0.138. The average molecular weight is 519 g/mol. The monoisotopic (exact) mass is 518 g/mol. The average Bonchev–Trinajstić information content (AvgIpc) is 2.77. The van der Waals surface area contributed by atoms with Gasteiger partial charge >= 0.3 is 12.1 Å². The van der Waals surface area contributed by atoms with E-state index in [0.717, 1.165) is 30.5 Å². The first-order valence-electron chi connectivity index (χ1n) is 9.12. The number of aromatic nitrogens is 1. The number of halogens is 5. The van der Waals surface area contributed by atoms with Gasteiger partial charge in [0.1, 0.15) is 0 Å². The summed E-state index contributed by atoms with van der Waals surface area (Å²) in [6.45, 7) is -0.717. The molecule has 0 atom stereocenters. The van der Waals surface area contributed by atoms with E-state index in [1.54, 1.807) is 0 Å². The van der Waals surface area contributed by atoms with E-state index in [9.17, 15) is 26.4 Å². The molecule has 3 rings (SSSR count). The molecule has 0 aliphatic rings. The van der Waals surface area contributed by atoms with Crippen molar-refractivity contribution < 1.29 is 31.1 Å². The molecule has 1 heterocycles. The van der Waals surface area contributed by atoms with Gasteiger partial charge in [0.25, 0.3) is 10.0 Å². The van der Waals surface area contributed by atoms with Crippen molar-refractivity contribution in [2.75, 3.05) is 11.4 Å². The van der Waals surface area contributed by atoms with Crippen molar-refractivity contribution in [3.05, 3.63) is 87.5 Å². The lowest BCUT2D eigenvalue weighted by atomic mass is 10.1. The Morgan fingerprint density at radius 2 is 1.73 bits per heavy atom. The molecule has 0 spiro atoms. The maximum atomic E-state index is 13.5. The Bertz CT molecular complexity index is 1280. The highest BCUT2D eigenvalue weighted by Gasteiger charge is 2.35. The molecular weight excluding hydrogens is 504 g/mol. The van der Waals surface area contributed by atoms with Gasteiger partial charge in [0.15, 0.2) is 5.82 Å². The van der Waals surface area contributed by atoms with Crippen LogP contribution in [-0.4, -0.2) is 26.5 Å². The maximum Gasteiger partial charge on any atom is 0.416 e. The number of benzene rings is 2. The van der Waals surface area contributed by atoms with Crippen molar-refractivity contribution in [3.8, 4) is 0 Å². The summed E-state index contributed by atoms with van der Waals surface area (Å²) in [7, 11) is -3.31. The first-order valence-corrected chi connectivity index (χ1v) is 11.3. The number of sulfonamides is 1. The SMILES string of the molecule is COC(=O)c1ccc(S(=O)(=O)N(Cc2ccccc2C(F)(F)F)c2ncc(Cl)cc2Cl)cc1. The molecule has 0 aliphatic heterocycles. The van der Waals surface area contributed by atoms with Gasteiger partial charge in [-0.05, 0) is 42.0 Å². The van der Waals surface area contributed by atoms with Gasteiger partial charge in [-0.2, -0.15) is 13.2 Å². The number of carbonyl (C=O) groups excluding carboxylic acids is 1. The van der Waals surface area contributed by atoms with Crippen LogP contribution in [0.4, 0.5) is 19.0 Å². The quantitative estimate of drug-likeness (QED) is 0.397. The first-order chi connectivity index (χ1) is 15.4. The fourth-order valence-corrected chi connectivity index (χ4v) is 4.91. The Balaban J connectivity index is 2.15. The molecule has 33 heavy (non-hydrogen) atoms. The number of ether oxygens (including phenoxy) is 1. The molecule has 0 N–H and O–H groups in total. The number of alkyl halides is 3. The minimum Gasteiger partial charge on any atom is -0.465 e. The number of nitrogens with zero attached hydrogens (tertiary/aromatic N) is 2. The predicted octanol–water partition coefficient (Wildman–Crippen LogP) is 5.59. The second kappa shape index (κ2) is 9.58. The number of anilines is 1. The van der Waals surface area contributed by atoms with Crippen LogP contribution in [0.1, 0.15) is 21.5 Å². The third-order valence-electron chi connectivity index (χ3n) is 4.52. The molecule has 3 aromatic rings. The van der Waals surface area contributed by atoms with Gasteiger partial charge in [-0.3, -0.25) is 0 Å². The molecule has 174 valence electrons. The number of rotatable bonds is 6. The van der Waals surface area contributed by atoms with Crippen LogP contribution in [0.15, 0.2) is 65.7 Å². The second-order valence-corrected chi connectivity index (χ2v) is 9.35. The van der Waals surface area contributed by atoms with E-state index >= 15 is 0 Å². The topological polar surface area (TPSA) is 76.6 Å². The van der Waals surface area contributed by atoms with E-state index in [1.807, 2.05) is 0 Å². The van der Waals surface area contributed by atoms with Crippen LogP contribution >= 0.6 is 23.2 Å². The Morgan fingerprint density at radius 1 is 1.09 bits per heavy atom. The van der Waals surface area contributed by atoms with Crippen LogP contribution < -0.4 is 4.31 Å². The van der Waals surface area contributed by atoms with E-state index in [-0.39, 0.29) is 31.9 Å². The van der Waals surface area contributed by atoms with Crippen molar-refractivity contribution >= 4 is 45.0 Å². The minimum atomic E-state index is -4.72. The normalized spacial score (nSPS) is 11.8. The highest BCUT2D eigenvalue weighted by atomic mass is 35.5. The summed E-state index contributed by atoms with van der Waals surface area (Å²) >= 11 is 12.0. The molecule has 2 aromatic carbocycles. The lowest BCUT2D eigenvalue weighted by Gasteiger charge is -2.26. The predicted molar refractivity (Wildman–Crippen MR) is 117 cm³/mol. The van der Waals surface area contributed by atoms with E-state index in [2.05, 4.69) is 9.72 Å². The zero-order valence-electron chi connectivity index (χ0n) is 16.8. The molecule has 0 bridgehead atoms. The Morgan fingerprint density at radius 3 is 2.30 bits per heavy atom. The standard InChI is InChI=1S/C21H15Cl2F3N2O4S/c1-32-20(29)13-6-8-16(9-7-13)33(30,31)28(19-18(23)10-15(22)11-27-19)12-14-4-2-3-5-17(14)21(24,25)26/h2-11H,12H2,1H3. The van der Waals surface area contributed by atoms with Crippen molar-refractivity contribution in [2.24, 2.45) is 0 Å². The van der Waals surface area contributed by atoms with Crippen LogP contribution in [0.3, 0.4) is 0 Å². The van der Waals surface area contributed by atoms with Gasteiger partial charge in [-0.1, -0.05) is 41.4 Å². The summed E-state index contributed by atoms with van der Waals surface area (Å²) < 4.78 is 72.8. The zero-order valence-corrected chi connectivity index (χ0v) is 19.1. The Kier molecular flexibility index (Phi) is 7.20. The molecular formula is C21H15Cl2F3N2O4S. The van der Waals surface area contributed by atoms with Crippen LogP contribution in [-0.2, 0) is 27.5 Å². The lowest BCUT2D eigenvalue weighted by Crippen LogP contribution is -2.32. The molecule has 12 heteroatoms. The third kappa shape index (κ3) is 5.40. The molecule has 0 fully saturated rings. The fraction of sp³-hybridized carbons (Fsp3) is 0.143. The molecule has 0 aliphatic carbocycles. The highest BCUT2D eigenvalue weighted by Crippen LogP contribution is 2.36. The number of methoxy groups -OCH3 is 1. The van der Waals surface area contributed by atoms with Crippen LogP contribution in [0.2, 0.25) is 10.0 Å². The largest absolute Gasteiger partial charge is 0.465 e. The summed E-state index contributed by atoms with van der Waals surface area (Å²) in [5, 5.41) is -0.0685. The molecule has 6 nitrogen and oxygen atoms in total. The minimum absolute atomic E-state index is 0.0908. The summed E-state index contributed by atoms with van der Waals surface area (Å²) in [6, 6.07) is 10.5. The third-order valence-corrected chi connectivity index (χ3v) is 6.76. The van der Waals surface area contributed by atoms with Gasteiger partial charge < -0.3 is 4.74 Å². The summed E-state index contributed by atoms with van der Waals surface area (Å²) in [6.07, 6.45) is -3.59. The van der Waals surface area contributed by atoms with Crippen LogP contribution in [0.25, 0.3) is 0 Å². The second-order valence-electron chi connectivity index (χ2n) is 6.64. The van der Waals surface area contributed by atoms with Crippen molar-refractivity contribution in [3.63, 3.8) is 0 Å². The van der Waals surface area contributed by atoms with Gasteiger partial charge in [-0.15, -0.1) is 0 Å². The van der Waals surface area contributed by atoms with Crippen molar-refractivity contribution in [2.45, 2.75) is 17.6 Å². The van der Waals surface area contributed by atoms with Gasteiger partial charge in [0.2, 0.25) is 0 Å². The summed E-state index contributed by atoms with van der Waals surface area (Å²) in [4.78, 5) is 15.3. The van der Waals surface area contributed by atoms with Gasteiger partial charge in [0.05, 0.1) is 39.7 Å². The summed E-state index contributed by atoms with van der Waals surface area (Å²) in [5.74, 6) is -0.993. The smallest absolute Gasteiger partial charge is 0.416 e. The van der Waals surface area contributed by atoms with Crippen molar-refractivity contribution in [1.82, 2.24) is 4.98 Å². The van der Waals surface area contributed by atoms with E-state index < -0.39 is 34.3 Å². The number of pyridine rings is 1. The Hall–Kier alpha value is -2.82. The molecule has 1 aromatic heterocycles. The number of hydrogen-bond donors (Lipinski definition) is 0. The molecule has 0 unspecified atom stereocenters. The zero-order chi connectivity index (χ0) is 24.4. The molecule has 0 saturated heterocycles. The fourth-order valence-electron chi connectivity index (χ4n) is 2.96. The van der Waals surface area contributed by atoms with E-state index in [1.165, 1.54) is 37.4 Å². The maximum absolute atomic E-state index is 13.5. The van der Waals surface area contributed by atoms with E-state index in [0.29, 0.717) is 4.31 Å². The van der Waals surface area contributed by atoms with E-state index in [4.69, 9.17) is 23.2 Å². The highest BCUT2D eigenvalue weighted by molar-refractivity contribution is 7.92. The summed E-state index contributed by atoms with van der Waals surface area (Å²) in [5.41, 5.74) is -1.23. The molecule has 0 saturated carbocycles. The number of hydrogen-bond acceptors (Lipinski definition) is 5. The van der Waals surface area contributed by atoms with Crippen molar-refractivity contribution in [1.29, 1.82) is 0 Å². The van der Waals surface area contributed by atoms with Crippen LogP contribution in [0, 0.1) is 0 Å².